The molecule has 0 unspecified atom stereocenters. The van der Waals surface area contributed by atoms with Crippen LogP contribution in [-0.2, 0) is 15.0 Å². The number of halogens is 1. The lowest BCUT2D eigenvalue weighted by Gasteiger charge is -2.28. The molecule has 0 radical (unpaired) electrons. The molecule has 2 aromatic rings. The molecule has 0 aliphatic heterocycles. The lowest BCUT2D eigenvalue weighted by Crippen LogP contribution is -2.38. The van der Waals surface area contributed by atoms with Gasteiger partial charge in [-0.15, -0.1) is 0 Å². The van der Waals surface area contributed by atoms with Crippen molar-refractivity contribution >= 4 is 23.2 Å². The summed E-state index contributed by atoms with van der Waals surface area (Å²) in [4.78, 5) is 25.1. The summed E-state index contributed by atoms with van der Waals surface area (Å²) in [5, 5.41) is 5.91. The van der Waals surface area contributed by atoms with Gasteiger partial charge in [0.1, 0.15) is 5.82 Å². The van der Waals surface area contributed by atoms with E-state index in [0.717, 1.165) is 44.1 Å². The number of amides is 2. The maximum absolute atomic E-state index is 13.3. The molecule has 140 valence electrons. The van der Waals surface area contributed by atoms with E-state index in [1.54, 1.807) is 18.2 Å². The summed E-state index contributed by atoms with van der Waals surface area (Å²) >= 11 is 0. The Bertz CT molecular complexity index is 853. The normalized spacial score (nSPS) is 18.1. The Kier molecular flexibility index (Phi) is 4.68. The van der Waals surface area contributed by atoms with Crippen molar-refractivity contribution in [1.82, 2.24) is 0 Å². The van der Waals surface area contributed by atoms with Crippen molar-refractivity contribution in [2.24, 2.45) is 5.92 Å². The molecule has 27 heavy (non-hydrogen) atoms. The van der Waals surface area contributed by atoms with E-state index < -0.39 is 5.41 Å². The van der Waals surface area contributed by atoms with Crippen molar-refractivity contribution in [3.63, 3.8) is 0 Å². The van der Waals surface area contributed by atoms with Crippen LogP contribution in [0.25, 0.3) is 0 Å². The second-order valence-corrected chi connectivity index (χ2v) is 7.59. The molecule has 4 rings (SSSR count). The molecular formula is C22H23FN2O2. The second kappa shape index (κ2) is 7.14. The predicted molar refractivity (Wildman–Crippen MR) is 103 cm³/mol. The molecule has 0 aromatic heterocycles. The average Bonchev–Trinajstić information content (AvgIpc) is 3.40. The zero-order valence-electron chi connectivity index (χ0n) is 15.1. The Hall–Kier alpha value is -2.69. The van der Waals surface area contributed by atoms with E-state index in [0.29, 0.717) is 11.4 Å². The third-order valence-corrected chi connectivity index (χ3v) is 5.62. The zero-order chi connectivity index (χ0) is 18.9. The molecule has 2 saturated carbocycles. The minimum absolute atomic E-state index is 0.0389. The summed E-state index contributed by atoms with van der Waals surface area (Å²) < 4.78 is 13.3. The van der Waals surface area contributed by atoms with Gasteiger partial charge in [-0.25, -0.2) is 4.39 Å². The highest BCUT2D eigenvalue weighted by molar-refractivity contribution is 6.00. The number of benzene rings is 2. The molecule has 0 saturated heterocycles. The number of carbonyl (C=O) groups excluding carboxylic acids is 2. The fraction of sp³-hybridized carbons (Fsp3) is 0.364. The van der Waals surface area contributed by atoms with Crippen molar-refractivity contribution in [2.45, 2.75) is 43.9 Å². The summed E-state index contributed by atoms with van der Waals surface area (Å²) in [6.45, 7) is 0. The van der Waals surface area contributed by atoms with Gasteiger partial charge in [-0.2, -0.15) is 0 Å². The third-order valence-electron chi connectivity index (χ3n) is 5.62. The first-order valence-corrected chi connectivity index (χ1v) is 9.55. The molecule has 2 aliphatic rings. The first-order chi connectivity index (χ1) is 13.1. The number of rotatable bonds is 5. The van der Waals surface area contributed by atoms with E-state index in [9.17, 15) is 14.0 Å². The summed E-state index contributed by atoms with van der Waals surface area (Å²) in [5.41, 5.74) is 1.58. The Labute approximate surface area is 158 Å². The minimum Gasteiger partial charge on any atom is -0.326 e. The van der Waals surface area contributed by atoms with Crippen LogP contribution in [0.1, 0.15) is 44.1 Å². The second-order valence-electron chi connectivity index (χ2n) is 7.59. The average molecular weight is 366 g/mol. The molecule has 2 aliphatic carbocycles. The highest BCUT2D eigenvalue weighted by Crippen LogP contribution is 2.42. The van der Waals surface area contributed by atoms with Crippen LogP contribution in [-0.4, -0.2) is 11.8 Å². The molecule has 2 fully saturated rings. The van der Waals surface area contributed by atoms with E-state index in [-0.39, 0.29) is 23.5 Å². The maximum atomic E-state index is 13.3. The van der Waals surface area contributed by atoms with Gasteiger partial charge >= 0.3 is 0 Å². The summed E-state index contributed by atoms with van der Waals surface area (Å²) in [6.07, 6.45) is 5.35. The number of hydrogen-bond donors (Lipinski definition) is 2. The zero-order valence-corrected chi connectivity index (χ0v) is 15.1. The summed E-state index contributed by atoms with van der Waals surface area (Å²) in [5.74, 6) is -0.204. The van der Waals surface area contributed by atoms with Crippen molar-refractivity contribution < 1.29 is 14.0 Å². The predicted octanol–water partition coefficient (Wildman–Crippen LogP) is 4.62. The van der Waals surface area contributed by atoms with E-state index in [1.807, 2.05) is 18.2 Å². The summed E-state index contributed by atoms with van der Waals surface area (Å²) in [6, 6.07) is 13.5. The van der Waals surface area contributed by atoms with Gasteiger partial charge in [-0.3, -0.25) is 9.59 Å². The Morgan fingerprint density at radius 2 is 1.56 bits per heavy atom. The van der Waals surface area contributed by atoms with E-state index in [4.69, 9.17) is 0 Å². The van der Waals surface area contributed by atoms with Crippen LogP contribution < -0.4 is 10.6 Å². The molecule has 2 aromatic carbocycles. The van der Waals surface area contributed by atoms with Gasteiger partial charge in [0, 0.05) is 17.3 Å². The lowest BCUT2D eigenvalue weighted by molar-refractivity contribution is -0.121. The van der Waals surface area contributed by atoms with Crippen LogP contribution in [0.2, 0.25) is 0 Å². The van der Waals surface area contributed by atoms with Crippen LogP contribution in [0.3, 0.4) is 0 Å². The molecule has 0 atom stereocenters. The quantitative estimate of drug-likeness (QED) is 0.811. The van der Waals surface area contributed by atoms with Gasteiger partial charge in [-0.1, -0.05) is 31.0 Å². The Morgan fingerprint density at radius 1 is 0.926 bits per heavy atom. The molecule has 4 nitrogen and oxygen atoms in total. The number of anilines is 2. The van der Waals surface area contributed by atoms with Gasteiger partial charge in [0.05, 0.1) is 5.41 Å². The van der Waals surface area contributed by atoms with E-state index in [2.05, 4.69) is 10.6 Å². The van der Waals surface area contributed by atoms with E-state index in [1.165, 1.54) is 12.1 Å². The fourth-order valence-corrected chi connectivity index (χ4v) is 3.91. The molecule has 0 spiro atoms. The van der Waals surface area contributed by atoms with Gasteiger partial charge in [0.25, 0.3) is 0 Å². The van der Waals surface area contributed by atoms with Crippen molar-refractivity contribution in [2.75, 3.05) is 10.6 Å². The van der Waals surface area contributed by atoms with Crippen LogP contribution >= 0.6 is 0 Å². The van der Waals surface area contributed by atoms with Gasteiger partial charge in [0.15, 0.2) is 0 Å². The molecule has 2 N–H and O–H groups in total. The van der Waals surface area contributed by atoms with Crippen molar-refractivity contribution in [1.29, 1.82) is 0 Å². The van der Waals surface area contributed by atoms with Crippen molar-refractivity contribution in [3.05, 3.63) is 59.9 Å². The lowest BCUT2D eigenvalue weighted by atomic mass is 9.78. The van der Waals surface area contributed by atoms with Crippen LogP contribution in [0.5, 0.6) is 0 Å². The number of nitrogens with one attached hydrogen (secondary N) is 2. The van der Waals surface area contributed by atoms with Crippen molar-refractivity contribution in [3.8, 4) is 0 Å². The number of carbonyl (C=O) groups is 2. The molecular weight excluding hydrogens is 343 g/mol. The van der Waals surface area contributed by atoms with Gasteiger partial charge in [0.2, 0.25) is 11.8 Å². The monoisotopic (exact) mass is 366 g/mol. The van der Waals surface area contributed by atoms with Gasteiger partial charge < -0.3 is 10.6 Å². The first-order valence-electron chi connectivity index (χ1n) is 9.55. The van der Waals surface area contributed by atoms with Crippen LogP contribution in [0.15, 0.2) is 48.5 Å². The molecule has 5 heteroatoms. The highest BCUT2D eigenvalue weighted by Gasteiger charge is 2.42. The van der Waals surface area contributed by atoms with Gasteiger partial charge in [-0.05, 0) is 61.6 Å². The topological polar surface area (TPSA) is 58.2 Å². The first kappa shape index (κ1) is 17.7. The highest BCUT2D eigenvalue weighted by atomic mass is 19.1. The Morgan fingerprint density at radius 3 is 2.19 bits per heavy atom. The summed E-state index contributed by atoms with van der Waals surface area (Å²) in [7, 11) is 0. The molecule has 0 heterocycles. The minimum atomic E-state index is -0.624. The standard InChI is InChI=1S/C22H23FN2O2/c23-17-10-8-16(9-11-17)22(12-1-2-13-22)21(27)25-19-5-3-4-18(14-19)24-20(26)15-6-7-15/h3-5,8-11,14-15H,1-2,6-7,12-13H2,(H,24,26)(H,25,27). The van der Waals surface area contributed by atoms with E-state index >= 15 is 0 Å². The Balaban J connectivity index is 1.53. The molecule has 0 bridgehead atoms. The smallest absolute Gasteiger partial charge is 0.235 e. The maximum Gasteiger partial charge on any atom is 0.235 e. The van der Waals surface area contributed by atoms with Crippen LogP contribution in [0.4, 0.5) is 15.8 Å². The largest absolute Gasteiger partial charge is 0.326 e. The SMILES string of the molecule is O=C(Nc1cccc(NC(=O)C2(c3ccc(F)cc3)CCCC2)c1)C1CC1. The fourth-order valence-electron chi connectivity index (χ4n) is 3.91. The van der Waals surface area contributed by atoms with Crippen LogP contribution in [0, 0.1) is 11.7 Å². The molecule has 2 amide bonds. The third kappa shape index (κ3) is 3.72. The number of hydrogen-bond acceptors (Lipinski definition) is 2.